The van der Waals surface area contributed by atoms with Crippen LogP contribution in [-0.4, -0.2) is 4.98 Å². The highest BCUT2D eigenvalue weighted by molar-refractivity contribution is 5.89. The summed E-state index contributed by atoms with van der Waals surface area (Å²) >= 11 is 0. The van der Waals surface area contributed by atoms with Gasteiger partial charge in [0.15, 0.2) is 0 Å². The van der Waals surface area contributed by atoms with E-state index in [1.807, 2.05) is 34.6 Å². The summed E-state index contributed by atoms with van der Waals surface area (Å²) in [6.07, 6.45) is 0. The van der Waals surface area contributed by atoms with Gasteiger partial charge >= 0.3 is 0 Å². The molecule has 0 atom stereocenters. The predicted octanol–water partition coefficient (Wildman–Crippen LogP) is 4.12. The molecule has 1 aliphatic heterocycles. The molecule has 0 saturated carbocycles. The van der Waals surface area contributed by atoms with E-state index in [2.05, 4.69) is 4.98 Å². The number of halogens is 1. The van der Waals surface area contributed by atoms with Gasteiger partial charge in [0.2, 0.25) is 0 Å². The molecule has 0 bridgehead atoms. The van der Waals surface area contributed by atoms with Gasteiger partial charge in [0.1, 0.15) is 11.4 Å². The molecule has 1 N–H and O–H groups in total. The molecule has 0 spiro atoms. The summed E-state index contributed by atoms with van der Waals surface area (Å²) in [5.74, 6) is -0.192. The van der Waals surface area contributed by atoms with Crippen LogP contribution in [0.25, 0.3) is 10.9 Å². The number of hydrogen-bond acceptors (Lipinski definition) is 1. The molecule has 0 saturated heterocycles. The molecule has 1 aliphatic rings. The molecule has 96 valence electrons. The standard InChI is InChI=1S/C15H18FNO/c1-8-6-9(16)7-10-11-13(17-12(8)10)15(4,5)18-14(11,2)3/h6-7,17H,1-5H3. The number of benzene rings is 1. The second-order valence-corrected chi connectivity index (χ2v) is 6.14. The smallest absolute Gasteiger partial charge is 0.124 e. The van der Waals surface area contributed by atoms with Crippen molar-refractivity contribution in [2.24, 2.45) is 0 Å². The Kier molecular flexibility index (Phi) is 2.05. The maximum Gasteiger partial charge on any atom is 0.124 e. The van der Waals surface area contributed by atoms with Gasteiger partial charge in [0.25, 0.3) is 0 Å². The molecule has 0 aliphatic carbocycles. The second-order valence-electron chi connectivity index (χ2n) is 6.14. The van der Waals surface area contributed by atoms with Crippen molar-refractivity contribution in [3.63, 3.8) is 0 Å². The van der Waals surface area contributed by atoms with Gasteiger partial charge in [-0.15, -0.1) is 0 Å². The molecule has 0 unspecified atom stereocenters. The summed E-state index contributed by atoms with van der Waals surface area (Å²) in [7, 11) is 0. The Balaban J connectivity index is 2.46. The van der Waals surface area contributed by atoms with E-state index in [-0.39, 0.29) is 11.4 Å². The topological polar surface area (TPSA) is 25.0 Å². The van der Waals surface area contributed by atoms with Gasteiger partial charge in [0, 0.05) is 16.5 Å². The first-order valence-corrected chi connectivity index (χ1v) is 6.25. The summed E-state index contributed by atoms with van der Waals surface area (Å²) in [6.45, 7) is 10.1. The molecule has 3 rings (SSSR count). The van der Waals surface area contributed by atoms with Crippen molar-refractivity contribution in [1.29, 1.82) is 0 Å². The number of fused-ring (bicyclic) bond motifs is 3. The van der Waals surface area contributed by atoms with Gasteiger partial charge < -0.3 is 9.72 Å². The first-order chi connectivity index (χ1) is 8.22. The lowest BCUT2D eigenvalue weighted by Crippen LogP contribution is -2.23. The summed E-state index contributed by atoms with van der Waals surface area (Å²) in [5.41, 5.74) is 3.36. The maximum atomic E-state index is 13.6. The normalized spacial score (nSPS) is 20.3. The Bertz CT molecular complexity index is 652. The van der Waals surface area contributed by atoms with E-state index in [0.29, 0.717) is 0 Å². The van der Waals surface area contributed by atoms with Crippen molar-refractivity contribution in [2.75, 3.05) is 0 Å². The number of ether oxygens (including phenoxy) is 1. The van der Waals surface area contributed by atoms with Crippen molar-refractivity contribution < 1.29 is 9.13 Å². The fourth-order valence-corrected chi connectivity index (χ4v) is 3.25. The lowest BCUT2D eigenvalue weighted by atomic mass is 9.94. The number of H-pyrrole nitrogens is 1. The van der Waals surface area contributed by atoms with Gasteiger partial charge in [-0.1, -0.05) is 0 Å². The summed E-state index contributed by atoms with van der Waals surface area (Å²) in [5, 5.41) is 0.943. The molecular weight excluding hydrogens is 229 g/mol. The van der Waals surface area contributed by atoms with Crippen molar-refractivity contribution in [3.05, 3.63) is 34.8 Å². The molecule has 0 amide bonds. The van der Waals surface area contributed by atoms with Gasteiger partial charge in [-0.25, -0.2) is 4.39 Å². The van der Waals surface area contributed by atoms with Crippen LogP contribution in [0.5, 0.6) is 0 Å². The number of aromatic amines is 1. The minimum Gasteiger partial charge on any atom is -0.359 e. The highest BCUT2D eigenvalue weighted by Crippen LogP contribution is 2.49. The van der Waals surface area contributed by atoms with Crippen LogP contribution in [0.3, 0.4) is 0 Å². The van der Waals surface area contributed by atoms with Crippen molar-refractivity contribution >= 4 is 10.9 Å². The Morgan fingerprint density at radius 1 is 1.11 bits per heavy atom. The van der Waals surface area contributed by atoms with Crippen LogP contribution in [0.15, 0.2) is 12.1 Å². The van der Waals surface area contributed by atoms with E-state index in [9.17, 15) is 4.39 Å². The average Bonchev–Trinajstić information content (AvgIpc) is 2.63. The van der Waals surface area contributed by atoms with Crippen LogP contribution in [0.1, 0.15) is 44.5 Å². The third-order valence-electron chi connectivity index (χ3n) is 3.78. The molecular formula is C15H18FNO. The number of aryl methyl sites for hydroxylation is 1. The summed E-state index contributed by atoms with van der Waals surface area (Å²) in [4.78, 5) is 3.43. The van der Waals surface area contributed by atoms with Crippen LogP contribution in [-0.2, 0) is 15.9 Å². The predicted molar refractivity (Wildman–Crippen MR) is 70.1 cm³/mol. The molecule has 2 nitrogen and oxygen atoms in total. The lowest BCUT2D eigenvalue weighted by molar-refractivity contribution is -0.106. The Morgan fingerprint density at radius 3 is 2.44 bits per heavy atom. The quantitative estimate of drug-likeness (QED) is 0.744. The zero-order valence-electron chi connectivity index (χ0n) is 11.4. The third kappa shape index (κ3) is 1.37. The second kappa shape index (κ2) is 3.15. The third-order valence-corrected chi connectivity index (χ3v) is 3.78. The Morgan fingerprint density at radius 2 is 1.78 bits per heavy atom. The lowest BCUT2D eigenvalue weighted by Gasteiger charge is -2.25. The van der Waals surface area contributed by atoms with Gasteiger partial charge in [-0.05, 0) is 52.3 Å². The Hall–Kier alpha value is -1.35. The highest BCUT2D eigenvalue weighted by atomic mass is 19.1. The fourth-order valence-electron chi connectivity index (χ4n) is 3.25. The molecule has 1 aromatic heterocycles. The number of nitrogens with one attached hydrogen (secondary N) is 1. The van der Waals surface area contributed by atoms with Crippen LogP contribution in [0.2, 0.25) is 0 Å². The van der Waals surface area contributed by atoms with Gasteiger partial charge in [0.05, 0.1) is 11.3 Å². The van der Waals surface area contributed by atoms with Crippen LogP contribution < -0.4 is 0 Å². The van der Waals surface area contributed by atoms with Crippen molar-refractivity contribution in [2.45, 2.75) is 45.8 Å². The van der Waals surface area contributed by atoms with Crippen molar-refractivity contribution in [1.82, 2.24) is 4.98 Å². The van der Waals surface area contributed by atoms with Crippen LogP contribution in [0, 0.1) is 12.7 Å². The molecule has 18 heavy (non-hydrogen) atoms. The number of hydrogen-bond donors (Lipinski definition) is 1. The first-order valence-electron chi connectivity index (χ1n) is 6.25. The number of rotatable bonds is 0. The Labute approximate surface area is 106 Å². The average molecular weight is 247 g/mol. The van der Waals surface area contributed by atoms with Crippen LogP contribution in [0.4, 0.5) is 4.39 Å². The van der Waals surface area contributed by atoms with Gasteiger partial charge in [-0.2, -0.15) is 0 Å². The van der Waals surface area contributed by atoms with E-state index in [4.69, 9.17) is 4.74 Å². The van der Waals surface area contributed by atoms with E-state index in [1.54, 1.807) is 12.1 Å². The molecule has 2 heterocycles. The zero-order valence-corrected chi connectivity index (χ0v) is 11.4. The van der Waals surface area contributed by atoms with E-state index >= 15 is 0 Å². The largest absolute Gasteiger partial charge is 0.359 e. The summed E-state index contributed by atoms with van der Waals surface area (Å²) in [6, 6.07) is 3.17. The monoisotopic (exact) mass is 247 g/mol. The molecule has 0 radical (unpaired) electrons. The molecule has 3 heteroatoms. The van der Waals surface area contributed by atoms with E-state index < -0.39 is 5.60 Å². The van der Waals surface area contributed by atoms with Crippen LogP contribution >= 0.6 is 0 Å². The van der Waals surface area contributed by atoms with E-state index in [1.165, 1.54) is 0 Å². The highest BCUT2D eigenvalue weighted by Gasteiger charge is 2.45. The maximum absolute atomic E-state index is 13.6. The fraction of sp³-hybridized carbons (Fsp3) is 0.467. The number of aromatic nitrogens is 1. The minimum absolute atomic E-state index is 0.192. The van der Waals surface area contributed by atoms with Gasteiger partial charge in [-0.3, -0.25) is 0 Å². The SMILES string of the molecule is Cc1cc(F)cc2c3c([nH]c12)C(C)(C)OC3(C)C. The molecule has 1 aromatic carbocycles. The molecule has 2 aromatic rings. The molecule has 0 fully saturated rings. The van der Waals surface area contributed by atoms with E-state index in [0.717, 1.165) is 27.7 Å². The van der Waals surface area contributed by atoms with Crippen molar-refractivity contribution in [3.8, 4) is 0 Å². The summed E-state index contributed by atoms with van der Waals surface area (Å²) < 4.78 is 19.7. The first kappa shape index (κ1) is 11.7. The zero-order chi connectivity index (χ0) is 13.3. The minimum atomic E-state index is -0.392.